The highest BCUT2D eigenvalue weighted by Crippen LogP contribution is 2.14. The standard InChI is InChI=1S/C16H15N3O/c17-10-14-9-13-3-1-2-4-15(13)19(16(14)20)11-12-5-7-18-8-6-12/h1-9H,10-11,17H2. The van der Waals surface area contributed by atoms with Crippen molar-refractivity contribution in [3.63, 3.8) is 0 Å². The van der Waals surface area contributed by atoms with Crippen molar-refractivity contribution in [2.45, 2.75) is 13.1 Å². The lowest BCUT2D eigenvalue weighted by atomic mass is 10.1. The Morgan fingerprint density at radius 3 is 2.60 bits per heavy atom. The van der Waals surface area contributed by atoms with Gasteiger partial charge in [-0.15, -0.1) is 0 Å². The molecule has 0 spiro atoms. The molecule has 100 valence electrons. The van der Waals surface area contributed by atoms with Gasteiger partial charge < -0.3 is 10.3 Å². The molecular weight excluding hydrogens is 250 g/mol. The van der Waals surface area contributed by atoms with E-state index in [1.807, 2.05) is 42.5 Å². The van der Waals surface area contributed by atoms with E-state index in [4.69, 9.17) is 5.73 Å². The summed E-state index contributed by atoms with van der Waals surface area (Å²) in [4.78, 5) is 16.5. The monoisotopic (exact) mass is 265 g/mol. The second-order valence-corrected chi connectivity index (χ2v) is 4.68. The summed E-state index contributed by atoms with van der Waals surface area (Å²) in [6, 6.07) is 13.6. The van der Waals surface area contributed by atoms with Crippen LogP contribution in [0, 0.1) is 0 Å². The SMILES string of the molecule is NCc1cc2ccccc2n(Cc2ccncc2)c1=O. The Bertz CT molecular complexity index is 794. The third-order valence-corrected chi connectivity index (χ3v) is 3.39. The van der Waals surface area contributed by atoms with Crippen LogP contribution in [0.25, 0.3) is 10.9 Å². The van der Waals surface area contributed by atoms with Crippen LogP contribution in [0.5, 0.6) is 0 Å². The first-order valence-electron chi connectivity index (χ1n) is 6.50. The summed E-state index contributed by atoms with van der Waals surface area (Å²) in [7, 11) is 0. The van der Waals surface area contributed by atoms with Gasteiger partial charge in [0, 0.05) is 24.5 Å². The Morgan fingerprint density at radius 2 is 1.85 bits per heavy atom. The van der Waals surface area contributed by atoms with E-state index in [2.05, 4.69) is 4.98 Å². The van der Waals surface area contributed by atoms with E-state index in [1.165, 1.54) is 0 Å². The minimum atomic E-state index is -0.0250. The van der Waals surface area contributed by atoms with Gasteiger partial charge in [-0.05, 0) is 35.2 Å². The molecule has 0 unspecified atom stereocenters. The molecule has 2 heterocycles. The minimum Gasteiger partial charge on any atom is -0.326 e. The van der Waals surface area contributed by atoms with Gasteiger partial charge in [-0.25, -0.2) is 0 Å². The zero-order valence-corrected chi connectivity index (χ0v) is 11.0. The first-order valence-corrected chi connectivity index (χ1v) is 6.50. The molecule has 0 aliphatic rings. The first-order chi connectivity index (χ1) is 9.79. The van der Waals surface area contributed by atoms with Gasteiger partial charge in [0.1, 0.15) is 0 Å². The molecule has 0 bridgehead atoms. The van der Waals surface area contributed by atoms with Gasteiger partial charge in [-0.1, -0.05) is 18.2 Å². The van der Waals surface area contributed by atoms with Crippen molar-refractivity contribution in [3.8, 4) is 0 Å². The van der Waals surface area contributed by atoms with Gasteiger partial charge in [0.15, 0.2) is 0 Å². The third-order valence-electron chi connectivity index (χ3n) is 3.39. The maximum absolute atomic E-state index is 12.5. The van der Waals surface area contributed by atoms with Crippen molar-refractivity contribution < 1.29 is 0 Å². The van der Waals surface area contributed by atoms with Crippen LogP contribution in [0.1, 0.15) is 11.1 Å². The lowest BCUT2D eigenvalue weighted by Gasteiger charge is -2.12. The lowest BCUT2D eigenvalue weighted by Crippen LogP contribution is -2.26. The third kappa shape index (κ3) is 2.21. The number of hydrogen-bond acceptors (Lipinski definition) is 3. The highest BCUT2D eigenvalue weighted by Gasteiger charge is 2.08. The van der Waals surface area contributed by atoms with Crippen LogP contribution in [0.2, 0.25) is 0 Å². The molecule has 0 fully saturated rings. The molecule has 3 aromatic rings. The fourth-order valence-electron chi connectivity index (χ4n) is 2.36. The molecule has 0 amide bonds. The van der Waals surface area contributed by atoms with E-state index in [0.29, 0.717) is 12.1 Å². The summed E-state index contributed by atoms with van der Waals surface area (Å²) in [5.74, 6) is 0. The van der Waals surface area contributed by atoms with Crippen LogP contribution in [-0.2, 0) is 13.1 Å². The number of benzene rings is 1. The molecule has 0 saturated heterocycles. The Labute approximate surface area is 116 Å². The second kappa shape index (κ2) is 5.27. The van der Waals surface area contributed by atoms with E-state index in [0.717, 1.165) is 16.5 Å². The van der Waals surface area contributed by atoms with E-state index < -0.39 is 0 Å². The van der Waals surface area contributed by atoms with E-state index in [9.17, 15) is 4.79 Å². The van der Waals surface area contributed by atoms with Crippen LogP contribution in [0.15, 0.2) is 59.7 Å². The molecule has 20 heavy (non-hydrogen) atoms. The Balaban J connectivity index is 2.22. The van der Waals surface area contributed by atoms with Gasteiger partial charge in [0.25, 0.3) is 5.56 Å². The number of nitrogens with zero attached hydrogens (tertiary/aromatic N) is 2. The summed E-state index contributed by atoms with van der Waals surface area (Å²) < 4.78 is 1.77. The van der Waals surface area contributed by atoms with Crippen molar-refractivity contribution >= 4 is 10.9 Å². The van der Waals surface area contributed by atoms with Crippen molar-refractivity contribution in [2.24, 2.45) is 5.73 Å². The predicted molar refractivity (Wildman–Crippen MR) is 79.4 cm³/mol. The van der Waals surface area contributed by atoms with Crippen molar-refractivity contribution in [1.29, 1.82) is 0 Å². The average Bonchev–Trinajstić information content (AvgIpc) is 2.51. The second-order valence-electron chi connectivity index (χ2n) is 4.68. The van der Waals surface area contributed by atoms with Gasteiger partial charge >= 0.3 is 0 Å². The molecule has 0 aliphatic heterocycles. The van der Waals surface area contributed by atoms with Crippen LogP contribution in [-0.4, -0.2) is 9.55 Å². The number of rotatable bonds is 3. The predicted octanol–water partition coefficient (Wildman–Crippen LogP) is 1.90. The number of aromatic nitrogens is 2. The molecule has 3 rings (SSSR count). The molecule has 0 aliphatic carbocycles. The highest BCUT2D eigenvalue weighted by atomic mass is 16.1. The van der Waals surface area contributed by atoms with Crippen molar-refractivity contribution in [2.75, 3.05) is 0 Å². The van der Waals surface area contributed by atoms with E-state index in [1.54, 1.807) is 17.0 Å². The average molecular weight is 265 g/mol. The number of para-hydroxylation sites is 1. The summed E-state index contributed by atoms with van der Waals surface area (Å²) >= 11 is 0. The Hall–Kier alpha value is -2.46. The number of nitrogens with two attached hydrogens (primary N) is 1. The molecule has 0 radical (unpaired) electrons. The summed E-state index contributed by atoms with van der Waals surface area (Å²) in [6.07, 6.45) is 3.46. The molecule has 0 atom stereocenters. The molecule has 2 N–H and O–H groups in total. The first kappa shape index (κ1) is 12.6. The van der Waals surface area contributed by atoms with Crippen LogP contribution >= 0.6 is 0 Å². The van der Waals surface area contributed by atoms with Crippen LogP contribution in [0.4, 0.5) is 0 Å². The van der Waals surface area contributed by atoms with E-state index >= 15 is 0 Å². The topological polar surface area (TPSA) is 60.9 Å². The fraction of sp³-hybridized carbons (Fsp3) is 0.125. The number of hydrogen-bond donors (Lipinski definition) is 1. The molecule has 4 heteroatoms. The molecule has 2 aromatic heterocycles. The zero-order valence-electron chi connectivity index (χ0n) is 11.0. The van der Waals surface area contributed by atoms with Crippen molar-refractivity contribution in [3.05, 3.63) is 76.3 Å². The van der Waals surface area contributed by atoms with Gasteiger partial charge in [0.05, 0.1) is 12.1 Å². The Morgan fingerprint density at radius 1 is 1.10 bits per heavy atom. The maximum Gasteiger partial charge on any atom is 0.255 e. The summed E-state index contributed by atoms with van der Waals surface area (Å²) in [6.45, 7) is 0.774. The van der Waals surface area contributed by atoms with Gasteiger partial charge in [-0.2, -0.15) is 0 Å². The number of pyridine rings is 2. The Kier molecular flexibility index (Phi) is 3.31. The number of fused-ring (bicyclic) bond motifs is 1. The minimum absolute atomic E-state index is 0.0250. The molecule has 1 aromatic carbocycles. The normalized spacial score (nSPS) is 10.8. The van der Waals surface area contributed by atoms with E-state index in [-0.39, 0.29) is 12.1 Å². The van der Waals surface area contributed by atoms with Crippen LogP contribution in [0.3, 0.4) is 0 Å². The maximum atomic E-state index is 12.5. The molecule has 4 nitrogen and oxygen atoms in total. The van der Waals surface area contributed by atoms with Gasteiger partial charge in [0.2, 0.25) is 0 Å². The van der Waals surface area contributed by atoms with Crippen molar-refractivity contribution in [1.82, 2.24) is 9.55 Å². The highest BCUT2D eigenvalue weighted by molar-refractivity contribution is 5.79. The fourth-order valence-corrected chi connectivity index (χ4v) is 2.36. The van der Waals surface area contributed by atoms with Crippen LogP contribution < -0.4 is 11.3 Å². The largest absolute Gasteiger partial charge is 0.326 e. The van der Waals surface area contributed by atoms with Gasteiger partial charge in [-0.3, -0.25) is 9.78 Å². The summed E-state index contributed by atoms with van der Waals surface area (Å²) in [5.41, 5.74) is 8.26. The molecular formula is C16H15N3O. The zero-order chi connectivity index (χ0) is 13.9. The smallest absolute Gasteiger partial charge is 0.255 e. The summed E-state index contributed by atoms with van der Waals surface area (Å²) in [5, 5.41) is 1.03. The lowest BCUT2D eigenvalue weighted by molar-refractivity contribution is 0.776. The molecule has 0 saturated carbocycles. The quantitative estimate of drug-likeness (QED) is 0.786.